The fourth-order valence-corrected chi connectivity index (χ4v) is 5.42. The van der Waals surface area contributed by atoms with E-state index in [0.29, 0.717) is 4.90 Å². The largest absolute Gasteiger partial charge is 0.339 e. The van der Waals surface area contributed by atoms with Gasteiger partial charge < -0.3 is 4.90 Å². The Morgan fingerprint density at radius 3 is 2.13 bits per heavy atom. The number of rotatable bonds is 7. The first kappa shape index (κ1) is 22.7. The molecule has 0 spiro atoms. The molecule has 0 atom stereocenters. The molecular weight excluding hydrogens is 448 g/mol. The number of hydrogen-bond acceptors (Lipinski definition) is 8. The number of nitro groups is 2. The first-order valence-corrected chi connectivity index (χ1v) is 11.5. The molecule has 1 aliphatic heterocycles. The van der Waals surface area contributed by atoms with E-state index < -0.39 is 25.6 Å². The summed E-state index contributed by atoms with van der Waals surface area (Å²) in [6, 6.07) is 11.0. The normalized spacial score (nSPS) is 14.9. The van der Waals surface area contributed by atoms with Crippen molar-refractivity contribution in [2.75, 3.05) is 31.9 Å². The Balaban J connectivity index is 1.58. The monoisotopic (exact) mass is 466 g/mol. The highest BCUT2D eigenvalue weighted by molar-refractivity contribution is 8.00. The van der Waals surface area contributed by atoms with E-state index >= 15 is 0 Å². The molecule has 0 saturated carbocycles. The van der Waals surface area contributed by atoms with Gasteiger partial charge in [-0.3, -0.25) is 25.0 Å². The van der Waals surface area contributed by atoms with Crippen LogP contribution in [0.1, 0.15) is 0 Å². The summed E-state index contributed by atoms with van der Waals surface area (Å²) in [5.74, 6) is -0.0829. The third kappa shape index (κ3) is 5.18. The number of sulfonamides is 1. The summed E-state index contributed by atoms with van der Waals surface area (Å²) in [5, 5.41) is 21.8. The van der Waals surface area contributed by atoms with Crippen molar-refractivity contribution in [2.24, 2.45) is 0 Å². The molecule has 1 fully saturated rings. The van der Waals surface area contributed by atoms with Gasteiger partial charge in [-0.2, -0.15) is 4.31 Å². The van der Waals surface area contributed by atoms with E-state index in [-0.39, 0.29) is 48.4 Å². The van der Waals surface area contributed by atoms with Crippen molar-refractivity contribution in [3.05, 3.63) is 68.8 Å². The minimum absolute atomic E-state index is 0.0301. The summed E-state index contributed by atoms with van der Waals surface area (Å²) in [7, 11) is -4.06. The van der Waals surface area contributed by atoms with Crippen molar-refractivity contribution in [3.8, 4) is 0 Å². The van der Waals surface area contributed by atoms with Gasteiger partial charge in [-0.1, -0.05) is 12.1 Å². The van der Waals surface area contributed by atoms with E-state index in [0.717, 1.165) is 10.4 Å². The van der Waals surface area contributed by atoms with Crippen LogP contribution in [0.25, 0.3) is 0 Å². The molecule has 1 saturated heterocycles. The molecule has 3 rings (SSSR count). The van der Waals surface area contributed by atoms with Crippen molar-refractivity contribution < 1.29 is 23.1 Å². The number of non-ortho nitro benzene ring substituents is 1. The van der Waals surface area contributed by atoms with Gasteiger partial charge in [0.25, 0.3) is 11.4 Å². The second-order valence-corrected chi connectivity index (χ2v) is 9.50. The second kappa shape index (κ2) is 9.41. The van der Waals surface area contributed by atoms with Gasteiger partial charge in [0.1, 0.15) is 0 Å². The lowest BCUT2D eigenvalue weighted by Gasteiger charge is -2.33. The molecule has 1 heterocycles. The molecule has 0 bridgehead atoms. The number of carbonyl (C=O) groups excluding carboxylic acids is 1. The average Bonchev–Trinajstić information content (AvgIpc) is 2.77. The Morgan fingerprint density at radius 2 is 1.55 bits per heavy atom. The molecule has 164 valence electrons. The zero-order chi connectivity index (χ0) is 22.6. The molecule has 0 N–H and O–H groups in total. The van der Waals surface area contributed by atoms with Crippen LogP contribution < -0.4 is 0 Å². The van der Waals surface area contributed by atoms with Crippen molar-refractivity contribution >= 4 is 39.1 Å². The maximum atomic E-state index is 12.8. The fourth-order valence-electron chi connectivity index (χ4n) is 3.04. The van der Waals surface area contributed by atoms with Crippen LogP contribution in [0, 0.1) is 20.2 Å². The number of piperazine rings is 1. The number of nitro benzene ring substituents is 2. The Hall–Kier alpha value is -3.03. The Bertz CT molecular complexity index is 1100. The summed E-state index contributed by atoms with van der Waals surface area (Å²) >= 11 is 1.23. The van der Waals surface area contributed by atoms with Crippen LogP contribution in [0.2, 0.25) is 0 Å². The number of amides is 1. The molecule has 31 heavy (non-hydrogen) atoms. The van der Waals surface area contributed by atoms with Gasteiger partial charge in [-0.15, -0.1) is 11.8 Å². The van der Waals surface area contributed by atoms with Crippen LogP contribution in [0.5, 0.6) is 0 Å². The summed E-state index contributed by atoms with van der Waals surface area (Å²) < 4.78 is 26.8. The van der Waals surface area contributed by atoms with Crippen LogP contribution >= 0.6 is 11.8 Å². The summed E-state index contributed by atoms with van der Waals surface area (Å²) in [6.45, 7) is 0.393. The first-order valence-electron chi connectivity index (χ1n) is 9.09. The van der Waals surface area contributed by atoms with Gasteiger partial charge in [-0.05, 0) is 18.2 Å². The van der Waals surface area contributed by atoms with Gasteiger partial charge in [0.2, 0.25) is 15.9 Å². The summed E-state index contributed by atoms with van der Waals surface area (Å²) in [6.07, 6.45) is 0. The lowest BCUT2D eigenvalue weighted by molar-refractivity contribution is -0.387. The van der Waals surface area contributed by atoms with E-state index in [1.54, 1.807) is 12.1 Å². The van der Waals surface area contributed by atoms with E-state index in [4.69, 9.17) is 0 Å². The number of hydrogen-bond donors (Lipinski definition) is 0. The molecule has 13 heteroatoms. The number of benzene rings is 2. The molecule has 11 nitrogen and oxygen atoms in total. The standard InChI is InChI=1S/C18H18N4O7S2/c23-18(13-30-15-7-5-14(6-8-15)21(24)25)19-9-11-20(12-10-19)31(28,29)17-4-2-1-3-16(17)22(26)27/h1-8H,9-13H2. The van der Waals surface area contributed by atoms with E-state index in [9.17, 15) is 33.4 Å². The Labute approximate surface area is 182 Å². The summed E-state index contributed by atoms with van der Waals surface area (Å²) in [4.78, 5) is 34.9. The number of carbonyl (C=O) groups is 1. The molecule has 0 radical (unpaired) electrons. The molecular formula is C18H18N4O7S2. The highest BCUT2D eigenvalue weighted by Crippen LogP contribution is 2.27. The van der Waals surface area contributed by atoms with Crippen molar-refractivity contribution in [2.45, 2.75) is 9.79 Å². The average molecular weight is 466 g/mol. The van der Waals surface area contributed by atoms with Gasteiger partial charge >= 0.3 is 0 Å². The lowest BCUT2D eigenvalue weighted by atomic mass is 10.3. The van der Waals surface area contributed by atoms with Gasteiger partial charge in [0.05, 0.1) is 15.6 Å². The minimum Gasteiger partial charge on any atom is -0.339 e. The number of thioether (sulfide) groups is 1. The molecule has 2 aromatic carbocycles. The maximum absolute atomic E-state index is 12.8. The predicted octanol–water partition coefficient (Wildman–Crippen LogP) is 2.13. The van der Waals surface area contributed by atoms with Crippen molar-refractivity contribution in [1.82, 2.24) is 9.21 Å². The van der Waals surface area contributed by atoms with Crippen LogP contribution in [0.3, 0.4) is 0 Å². The zero-order valence-corrected chi connectivity index (χ0v) is 17.8. The Morgan fingerprint density at radius 1 is 0.935 bits per heavy atom. The minimum atomic E-state index is -4.06. The van der Waals surface area contributed by atoms with Crippen LogP contribution in [0.15, 0.2) is 58.3 Å². The van der Waals surface area contributed by atoms with E-state index in [1.807, 2.05) is 0 Å². The van der Waals surface area contributed by atoms with E-state index in [2.05, 4.69) is 0 Å². The molecule has 0 aromatic heterocycles. The van der Waals surface area contributed by atoms with Gasteiger partial charge in [0, 0.05) is 49.3 Å². The summed E-state index contributed by atoms with van der Waals surface area (Å²) in [5.41, 5.74) is -0.521. The third-order valence-corrected chi connectivity index (χ3v) is 7.62. The third-order valence-electron chi connectivity index (χ3n) is 4.68. The lowest BCUT2D eigenvalue weighted by Crippen LogP contribution is -2.51. The number of nitrogens with zero attached hydrogens (tertiary/aromatic N) is 4. The quantitative estimate of drug-likeness (QED) is 0.343. The SMILES string of the molecule is O=C(CSc1ccc([N+](=O)[O-])cc1)N1CCN(S(=O)(=O)c2ccccc2[N+](=O)[O-])CC1. The second-order valence-electron chi connectivity index (χ2n) is 6.55. The highest BCUT2D eigenvalue weighted by atomic mass is 32.2. The van der Waals surface area contributed by atoms with Crippen molar-refractivity contribution in [3.63, 3.8) is 0 Å². The highest BCUT2D eigenvalue weighted by Gasteiger charge is 2.34. The zero-order valence-electron chi connectivity index (χ0n) is 16.1. The van der Waals surface area contributed by atoms with E-state index in [1.165, 1.54) is 47.0 Å². The predicted molar refractivity (Wildman–Crippen MR) is 112 cm³/mol. The van der Waals surface area contributed by atoms with Crippen molar-refractivity contribution in [1.29, 1.82) is 0 Å². The Kier molecular flexibility index (Phi) is 6.87. The van der Waals surface area contributed by atoms with Crippen LogP contribution in [0.4, 0.5) is 11.4 Å². The topological polar surface area (TPSA) is 144 Å². The fraction of sp³-hybridized carbons (Fsp3) is 0.278. The van der Waals surface area contributed by atoms with Gasteiger partial charge in [0.15, 0.2) is 4.90 Å². The smallest absolute Gasteiger partial charge is 0.289 e. The molecule has 1 aliphatic rings. The molecule has 0 aliphatic carbocycles. The number of para-hydroxylation sites is 1. The molecule has 2 aromatic rings. The van der Waals surface area contributed by atoms with Crippen LogP contribution in [-0.2, 0) is 14.8 Å². The molecule has 1 amide bonds. The molecule has 0 unspecified atom stereocenters. The van der Waals surface area contributed by atoms with Crippen LogP contribution in [-0.4, -0.2) is 65.3 Å². The van der Waals surface area contributed by atoms with Gasteiger partial charge in [-0.25, -0.2) is 8.42 Å². The first-order chi connectivity index (χ1) is 14.7. The maximum Gasteiger partial charge on any atom is 0.289 e.